The summed E-state index contributed by atoms with van der Waals surface area (Å²) < 4.78 is 18.0. The standard InChI is InChI=1S/C26H25N3O4/c1-17-6-5-13-29-16-21(28-26(17)29)19-9-11-22(31-2)20(15-19)27-25(30)12-8-18-7-10-23(32-3)24(14-18)33-4/h5-16H,1-4H3,(H,27,30)/b12-8+. The van der Waals surface area contributed by atoms with Gasteiger partial charge in [0.05, 0.1) is 32.7 Å². The Morgan fingerprint density at radius 1 is 0.970 bits per heavy atom. The van der Waals surface area contributed by atoms with Gasteiger partial charge in [0.1, 0.15) is 11.4 Å². The first-order valence-corrected chi connectivity index (χ1v) is 10.4. The number of amides is 1. The Balaban J connectivity index is 1.57. The number of carbonyl (C=O) groups excluding carboxylic acids is 1. The minimum Gasteiger partial charge on any atom is -0.495 e. The van der Waals surface area contributed by atoms with Gasteiger partial charge in [-0.05, 0) is 60.5 Å². The number of aromatic nitrogens is 2. The van der Waals surface area contributed by atoms with Crippen molar-refractivity contribution in [2.75, 3.05) is 26.6 Å². The van der Waals surface area contributed by atoms with Gasteiger partial charge in [-0.15, -0.1) is 0 Å². The van der Waals surface area contributed by atoms with Gasteiger partial charge in [0.25, 0.3) is 0 Å². The monoisotopic (exact) mass is 443 g/mol. The fraction of sp³-hybridized carbons (Fsp3) is 0.154. The molecule has 2 aromatic heterocycles. The van der Waals surface area contributed by atoms with Crippen LogP contribution in [0.2, 0.25) is 0 Å². The van der Waals surface area contributed by atoms with Crippen LogP contribution in [0.25, 0.3) is 23.0 Å². The van der Waals surface area contributed by atoms with Crippen LogP contribution in [0.1, 0.15) is 11.1 Å². The molecular formula is C26H25N3O4. The highest BCUT2D eigenvalue weighted by molar-refractivity contribution is 6.03. The summed E-state index contributed by atoms with van der Waals surface area (Å²) in [5, 5.41) is 2.90. The van der Waals surface area contributed by atoms with E-state index in [0.717, 1.165) is 28.0 Å². The number of rotatable bonds is 7. The lowest BCUT2D eigenvalue weighted by atomic mass is 10.1. The van der Waals surface area contributed by atoms with E-state index in [0.29, 0.717) is 22.9 Å². The molecule has 0 saturated carbocycles. The third-order valence-electron chi connectivity index (χ3n) is 5.27. The van der Waals surface area contributed by atoms with Crippen LogP contribution in [0.4, 0.5) is 5.69 Å². The van der Waals surface area contributed by atoms with E-state index in [1.54, 1.807) is 39.5 Å². The Morgan fingerprint density at radius 2 is 1.73 bits per heavy atom. The Labute approximate surface area is 192 Å². The van der Waals surface area contributed by atoms with Crippen molar-refractivity contribution in [3.8, 4) is 28.5 Å². The van der Waals surface area contributed by atoms with Crippen molar-refractivity contribution >= 4 is 23.3 Å². The molecule has 33 heavy (non-hydrogen) atoms. The lowest BCUT2D eigenvalue weighted by Gasteiger charge is -2.10. The second kappa shape index (κ2) is 9.48. The van der Waals surface area contributed by atoms with Crippen LogP contribution >= 0.6 is 0 Å². The summed E-state index contributed by atoms with van der Waals surface area (Å²) in [5.41, 5.74) is 5.04. The van der Waals surface area contributed by atoms with Crippen molar-refractivity contribution < 1.29 is 19.0 Å². The number of nitrogens with zero attached hydrogens (tertiary/aromatic N) is 2. The zero-order valence-electron chi connectivity index (χ0n) is 19.0. The Hall–Kier alpha value is -4.26. The van der Waals surface area contributed by atoms with Gasteiger partial charge in [-0.2, -0.15) is 0 Å². The lowest BCUT2D eigenvalue weighted by Crippen LogP contribution is -2.09. The van der Waals surface area contributed by atoms with Crippen LogP contribution in [0, 0.1) is 6.92 Å². The summed E-state index contributed by atoms with van der Waals surface area (Å²) in [6.07, 6.45) is 7.09. The first-order chi connectivity index (χ1) is 16.0. The number of imidazole rings is 1. The molecule has 0 bridgehead atoms. The number of pyridine rings is 1. The van der Waals surface area contributed by atoms with Gasteiger partial charge < -0.3 is 23.9 Å². The first kappa shape index (κ1) is 22.0. The van der Waals surface area contributed by atoms with Gasteiger partial charge in [-0.1, -0.05) is 12.1 Å². The molecule has 0 aliphatic heterocycles. The highest BCUT2D eigenvalue weighted by atomic mass is 16.5. The van der Waals surface area contributed by atoms with Gasteiger partial charge in [-0.25, -0.2) is 4.98 Å². The smallest absolute Gasteiger partial charge is 0.248 e. The Kier molecular flexibility index (Phi) is 6.31. The topological polar surface area (TPSA) is 74.1 Å². The normalized spacial score (nSPS) is 11.0. The molecule has 0 unspecified atom stereocenters. The maximum Gasteiger partial charge on any atom is 0.248 e. The van der Waals surface area contributed by atoms with E-state index in [4.69, 9.17) is 19.2 Å². The molecule has 7 nitrogen and oxygen atoms in total. The second-order valence-electron chi connectivity index (χ2n) is 7.40. The molecule has 2 heterocycles. The van der Waals surface area contributed by atoms with Gasteiger partial charge in [-0.3, -0.25) is 4.79 Å². The molecule has 1 N–H and O–H groups in total. The van der Waals surface area contributed by atoms with E-state index in [9.17, 15) is 4.79 Å². The van der Waals surface area contributed by atoms with E-state index < -0.39 is 0 Å². The third-order valence-corrected chi connectivity index (χ3v) is 5.27. The average Bonchev–Trinajstić information content (AvgIpc) is 3.28. The number of nitrogens with one attached hydrogen (secondary N) is 1. The number of methoxy groups -OCH3 is 3. The fourth-order valence-electron chi connectivity index (χ4n) is 3.56. The zero-order chi connectivity index (χ0) is 23.4. The van der Waals surface area contributed by atoms with Crippen molar-refractivity contribution in [3.05, 3.63) is 78.1 Å². The molecule has 0 fully saturated rings. The van der Waals surface area contributed by atoms with E-state index in [-0.39, 0.29) is 5.91 Å². The van der Waals surface area contributed by atoms with Crippen molar-refractivity contribution in [3.63, 3.8) is 0 Å². The van der Waals surface area contributed by atoms with E-state index in [2.05, 4.69) is 5.32 Å². The molecular weight excluding hydrogens is 418 g/mol. The average molecular weight is 444 g/mol. The predicted molar refractivity (Wildman–Crippen MR) is 129 cm³/mol. The summed E-state index contributed by atoms with van der Waals surface area (Å²) in [6, 6.07) is 15.0. The summed E-state index contributed by atoms with van der Waals surface area (Å²) >= 11 is 0. The fourth-order valence-corrected chi connectivity index (χ4v) is 3.56. The highest BCUT2D eigenvalue weighted by Gasteiger charge is 2.11. The Morgan fingerprint density at radius 3 is 2.45 bits per heavy atom. The van der Waals surface area contributed by atoms with E-state index >= 15 is 0 Å². The summed E-state index contributed by atoms with van der Waals surface area (Å²) in [5.74, 6) is 1.50. The third kappa shape index (κ3) is 4.67. The number of carbonyl (C=O) groups is 1. The lowest BCUT2D eigenvalue weighted by molar-refractivity contribution is -0.111. The van der Waals surface area contributed by atoms with Crippen LogP contribution in [0.5, 0.6) is 17.2 Å². The summed E-state index contributed by atoms with van der Waals surface area (Å²) in [4.78, 5) is 17.4. The highest BCUT2D eigenvalue weighted by Crippen LogP contribution is 2.31. The number of aryl methyl sites for hydroxylation is 1. The molecule has 0 spiro atoms. The van der Waals surface area contributed by atoms with E-state index in [1.807, 2.05) is 60.1 Å². The SMILES string of the molecule is COc1ccc(-c2cn3cccc(C)c3n2)cc1NC(=O)/C=C/c1ccc(OC)c(OC)c1. The molecule has 7 heteroatoms. The van der Waals surface area contributed by atoms with Gasteiger partial charge in [0.15, 0.2) is 11.5 Å². The Bertz CT molecular complexity index is 1340. The molecule has 0 aliphatic carbocycles. The molecule has 168 valence electrons. The van der Waals surface area contributed by atoms with Crippen LogP contribution < -0.4 is 19.5 Å². The number of hydrogen-bond acceptors (Lipinski definition) is 5. The molecule has 1 amide bonds. The van der Waals surface area contributed by atoms with Gasteiger partial charge in [0.2, 0.25) is 5.91 Å². The van der Waals surface area contributed by atoms with Crippen LogP contribution in [0.3, 0.4) is 0 Å². The van der Waals surface area contributed by atoms with Crippen LogP contribution in [-0.4, -0.2) is 36.6 Å². The molecule has 0 aliphatic rings. The van der Waals surface area contributed by atoms with Crippen LogP contribution in [0.15, 0.2) is 67.0 Å². The largest absolute Gasteiger partial charge is 0.495 e. The number of fused-ring (bicyclic) bond motifs is 1. The summed E-state index contributed by atoms with van der Waals surface area (Å²) in [7, 11) is 4.72. The maximum atomic E-state index is 12.6. The predicted octanol–water partition coefficient (Wildman–Crippen LogP) is 4.99. The molecule has 4 rings (SSSR count). The molecule has 4 aromatic rings. The number of benzene rings is 2. The molecule has 0 saturated heterocycles. The molecule has 0 radical (unpaired) electrons. The second-order valence-corrected chi connectivity index (χ2v) is 7.40. The molecule has 2 aromatic carbocycles. The minimum absolute atomic E-state index is 0.286. The number of ether oxygens (including phenoxy) is 3. The summed E-state index contributed by atoms with van der Waals surface area (Å²) in [6.45, 7) is 2.02. The number of anilines is 1. The van der Waals surface area contributed by atoms with Gasteiger partial charge >= 0.3 is 0 Å². The molecule has 0 atom stereocenters. The minimum atomic E-state index is -0.286. The van der Waals surface area contributed by atoms with Gasteiger partial charge in [0, 0.05) is 24.0 Å². The first-order valence-electron chi connectivity index (χ1n) is 10.4. The van der Waals surface area contributed by atoms with Crippen molar-refractivity contribution in [1.82, 2.24) is 9.38 Å². The van der Waals surface area contributed by atoms with Crippen molar-refractivity contribution in [2.45, 2.75) is 6.92 Å². The van der Waals surface area contributed by atoms with Crippen molar-refractivity contribution in [2.24, 2.45) is 0 Å². The van der Waals surface area contributed by atoms with Crippen molar-refractivity contribution in [1.29, 1.82) is 0 Å². The van der Waals surface area contributed by atoms with E-state index in [1.165, 1.54) is 6.08 Å². The zero-order valence-corrected chi connectivity index (χ0v) is 19.0. The van der Waals surface area contributed by atoms with Crippen LogP contribution in [-0.2, 0) is 4.79 Å². The quantitative estimate of drug-likeness (QED) is 0.408. The maximum absolute atomic E-state index is 12.6. The number of hydrogen-bond donors (Lipinski definition) is 1.